The number of nitrogens with zero attached hydrogens (tertiary/aromatic N) is 5. The largest absolute Gasteiger partial charge is 0.381 e. The zero-order valence-corrected chi connectivity index (χ0v) is 17.9. The molecule has 0 N–H and O–H groups in total. The lowest BCUT2D eigenvalue weighted by atomic mass is 10.0. The number of anilines is 1. The number of aromatic nitrogens is 4. The van der Waals surface area contributed by atoms with Gasteiger partial charge in [0.15, 0.2) is 5.82 Å². The Hall–Kier alpha value is -2.64. The van der Waals surface area contributed by atoms with Crippen molar-refractivity contribution in [2.45, 2.75) is 26.7 Å². The second kappa shape index (κ2) is 8.80. The molecular formula is C22H25N5OS. The van der Waals surface area contributed by atoms with E-state index >= 15 is 0 Å². The highest BCUT2D eigenvalue weighted by atomic mass is 32.1. The van der Waals surface area contributed by atoms with Crippen LogP contribution in [0.5, 0.6) is 0 Å². The minimum atomic E-state index is 0.737. The lowest BCUT2D eigenvalue weighted by Crippen LogP contribution is -2.26. The predicted molar refractivity (Wildman–Crippen MR) is 118 cm³/mol. The summed E-state index contributed by atoms with van der Waals surface area (Å²) in [5.74, 6) is 0.942. The van der Waals surface area contributed by atoms with Crippen LogP contribution in [0.15, 0.2) is 36.8 Å². The summed E-state index contributed by atoms with van der Waals surface area (Å²) in [6.45, 7) is 6.48. The summed E-state index contributed by atoms with van der Waals surface area (Å²) in [5.41, 5.74) is 5.09. The van der Waals surface area contributed by atoms with Crippen molar-refractivity contribution in [1.82, 2.24) is 19.9 Å². The molecule has 0 saturated carbocycles. The maximum Gasteiger partial charge on any atom is 0.154 e. The highest BCUT2D eigenvalue weighted by Crippen LogP contribution is 2.37. The van der Waals surface area contributed by atoms with Crippen molar-refractivity contribution in [1.29, 1.82) is 0 Å². The Balaban J connectivity index is 1.69. The van der Waals surface area contributed by atoms with E-state index in [0.29, 0.717) is 0 Å². The molecule has 29 heavy (non-hydrogen) atoms. The van der Waals surface area contributed by atoms with Gasteiger partial charge in [-0.2, -0.15) is 0 Å². The second-order valence-electron chi connectivity index (χ2n) is 6.99. The summed E-state index contributed by atoms with van der Waals surface area (Å²) >= 11 is 1.64. The van der Waals surface area contributed by atoms with Crippen LogP contribution in [0.1, 0.15) is 31.2 Å². The molecule has 0 spiro atoms. The third kappa shape index (κ3) is 4.21. The van der Waals surface area contributed by atoms with Crippen molar-refractivity contribution in [3.63, 3.8) is 0 Å². The first-order valence-corrected chi connectivity index (χ1v) is 10.7. The number of rotatable bonds is 6. The molecule has 3 aromatic heterocycles. The van der Waals surface area contributed by atoms with Crippen LogP contribution >= 0.6 is 11.3 Å². The van der Waals surface area contributed by atoms with Crippen LogP contribution in [0, 0.1) is 6.92 Å². The van der Waals surface area contributed by atoms with Gasteiger partial charge >= 0.3 is 0 Å². The Morgan fingerprint density at radius 2 is 2.17 bits per heavy atom. The van der Waals surface area contributed by atoms with Crippen molar-refractivity contribution in [2.75, 3.05) is 31.7 Å². The number of fused-ring (bicyclic) bond motifs is 1. The maximum atomic E-state index is 5.48. The fourth-order valence-electron chi connectivity index (χ4n) is 3.41. The van der Waals surface area contributed by atoms with E-state index in [0.717, 1.165) is 70.9 Å². The molecule has 0 atom stereocenters. The summed E-state index contributed by atoms with van der Waals surface area (Å²) in [6, 6.07) is 3.96. The minimum absolute atomic E-state index is 0.737. The standard InChI is InChI=1S/C22H25N5OS/c1-4-28-12-6-8-16-9-11-27(3)21-19(16)26-18(14-24-21)20-15(2)25-22(29-20)17-7-5-10-23-13-17/h5,7-8,10,13-14H,4,6,9,11-12H2,1-3H3/b16-8+. The van der Waals surface area contributed by atoms with E-state index in [4.69, 9.17) is 19.7 Å². The quantitative estimate of drug-likeness (QED) is 0.556. The molecule has 6 nitrogen and oxygen atoms in total. The molecule has 0 fully saturated rings. The van der Waals surface area contributed by atoms with Gasteiger partial charge in [0, 0.05) is 38.2 Å². The molecule has 3 aromatic rings. The van der Waals surface area contributed by atoms with E-state index in [-0.39, 0.29) is 0 Å². The molecule has 1 aliphatic heterocycles. The molecule has 4 heterocycles. The summed E-state index contributed by atoms with van der Waals surface area (Å²) in [6.07, 6.45) is 9.59. The van der Waals surface area contributed by atoms with Crippen molar-refractivity contribution in [2.24, 2.45) is 0 Å². The molecule has 0 radical (unpaired) electrons. The van der Waals surface area contributed by atoms with Crippen molar-refractivity contribution < 1.29 is 4.74 Å². The first-order chi connectivity index (χ1) is 14.2. The van der Waals surface area contributed by atoms with Crippen LogP contribution in [0.4, 0.5) is 5.82 Å². The molecule has 0 aliphatic carbocycles. The zero-order valence-electron chi connectivity index (χ0n) is 17.1. The maximum absolute atomic E-state index is 5.48. The van der Waals surface area contributed by atoms with Crippen LogP contribution in [-0.2, 0) is 4.74 Å². The van der Waals surface area contributed by atoms with Crippen molar-refractivity contribution in [3.8, 4) is 21.1 Å². The van der Waals surface area contributed by atoms with Crippen LogP contribution in [0.3, 0.4) is 0 Å². The topological polar surface area (TPSA) is 64.0 Å². The van der Waals surface area contributed by atoms with E-state index < -0.39 is 0 Å². The van der Waals surface area contributed by atoms with E-state index in [9.17, 15) is 0 Å². The molecule has 4 rings (SSSR count). The lowest BCUT2D eigenvalue weighted by molar-refractivity contribution is 0.152. The van der Waals surface area contributed by atoms with Gasteiger partial charge in [-0.3, -0.25) is 4.98 Å². The molecule has 0 amide bonds. The Labute approximate surface area is 175 Å². The summed E-state index contributed by atoms with van der Waals surface area (Å²) in [4.78, 5) is 22.0. The van der Waals surface area contributed by atoms with Crippen LogP contribution in [0.25, 0.3) is 26.7 Å². The second-order valence-corrected chi connectivity index (χ2v) is 7.99. The van der Waals surface area contributed by atoms with E-state index in [1.54, 1.807) is 17.5 Å². The third-order valence-electron chi connectivity index (χ3n) is 4.93. The van der Waals surface area contributed by atoms with Gasteiger partial charge in [-0.15, -0.1) is 11.3 Å². The van der Waals surface area contributed by atoms with E-state index in [1.165, 1.54) is 5.57 Å². The molecule has 0 saturated heterocycles. The average Bonchev–Trinajstić information content (AvgIpc) is 3.15. The normalized spacial score (nSPS) is 15.0. The Morgan fingerprint density at radius 3 is 2.97 bits per heavy atom. The van der Waals surface area contributed by atoms with Crippen LogP contribution in [0.2, 0.25) is 0 Å². The van der Waals surface area contributed by atoms with Gasteiger partial charge in [0.1, 0.15) is 16.4 Å². The zero-order chi connectivity index (χ0) is 20.2. The molecule has 0 bridgehead atoms. The molecule has 1 aliphatic rings. The van der Waals surface area contributed by atoms with Crippen molar-refractivity contribution >= 4 is 22.7 Å². The molecule has 150 valence electrons. The fraction of sp³-hybridized carbons (Fsp3) is 0.364. The highest BCUT2D eigenvalue weighted by Gasteiger charge is 2.23. The van der Waals surface area contributed by atoms with Gasteiger partial charge in [-0.05, 0) is 44.4 Å². The van der Waals surface area contributed by atoms with E-state index in [2.05, 4.69) is 23.0 Å². The first kappa shape index (κ1) is 19.7. The van der Waals surface area contributed by atoms with Crippen LogP contribution in [-0.4, -0.2) is 46.7 Å². The van der Waals surface area contributed by atoms with E-state index in [1.807, 2.05) is 38.4 Å². The number of thiazole rings is 1. The monoisotopic (exact) mass is 407 g/mol. The molecule has 0 aromatic carbocycles. The van der Waals surface area contributed by atoms with Gasteiger partial charge in [-0.1, -0.05) is 6.08 Å². The number of aryl methyl sites for hydroxylation is 1. The van der Waals surface area contributed by atoms with Gasteiger partial charge in [0.2, 0.25) is 0 Å². The first-order valence-electron chi connectivity index (χ1n) is 9.91. The number of pyridine rings is 1. The number of hydrogen-bond acceptors (Lipinski definition) is 7. The molecule has 7 heteroatoms. The average molecular weight is 408 g/mol. The molecule has 0 unspecified atom stereocenters. The van der Waals surface area contributed by atoms with Gasteiger partial charge < -0.3 is 9.64 Å². The number of ether oxygens (including phenoxy) is 1. The summed E-state index contributed by atoms with van der Waals surface area (Å²) < 4.78 is 5.48. The van der Waals surface area contributed by atoms with Gasteiger partial charge in [0.05, 0.1) is 23.4 Å². The SMILES string of the molecule is CCOCC/C=C1\CCN(C)c2ncc(-c3sc(-c4cccnc4)nc3C)nc21. The summed E-state index contributed by atoms with van der Waals surface area (Å²) in [7, 11) is 2.07. The smallest absolute Gasteiger partial charge is 0.154 e. The predicted octanol–water partition coefficient (Wildman–Crippen LogP) is 4.62. The molecular weight excluding hydrogens is 382 g/mol. The Morgan fingerprint density at radius 1 is 1.28 bits per heavy atom. The third-order valence-corrected chi connectivity index (χ3v) is 6.16. The Bertz CT molecular complexity index is 1020. The number of hydrogen-bond donors (Lipinski definition) is 0. The minimum Gasteiger partial charge on any atom is -0.381 e. The van der Waals surface area contributed by atoms with Gasteiger partial charge in [-0.25, -0.2) is 15.0 Å². The van der Waals surface area contributed by atoms with Crippen molar-refractivity contribution in [3.05, 3.63) is 48.2 Å². The fourth-order valence-corrected chi connectivity index (χ4v) is 4.42. The lowest BCUT2D eigenvalue weighted by Gasteiger charge is -2.27. The van der Waals surface area contributed by atoms with Crippen LogP contribution < -0.4 is 4.90 Å². The Kier molecular flexibility index (Phi) is 5.97. The summed E-state index contributed by atoms with van der Waals surface area (Å²) in [5, 5.41) is 0.953. The highest BCUT2D eigenvalue weighted by molar-refractivity contribution is 7.18. The van der Waals surface area contributed by atoms with Gasteiger partial charge in [0.25, 0.3) is 0 Å².